The molecule has 1 aromatic heterocycles. The molecular formula is C23H25FN4O2S. The van der Waals surface area contributed by atoms with Crippen molar-refractivity contribution in [3.05, 3.63) is 66.2 Å². The molecule has 1 aliphatic rings. The predicted octanol–water partition coefficient (Wildman–Crippen LogP) is 4.14. The van der Waals surface area contributed by atoms with Crippen LogP contribution in [0, 0.1) is 5.82 Å². The Balaban J connectivity index is 1.42. The van der Waals surface area contributed by atoms with Gasteiger partial charge in [-0.25, -0.2) is 9.37 Å². The molecule has 1 aliphatic heterocycles. The van der Waals surface area contributed by atoms with Crippen LogP contribution in [0.25, 0.3) is 5.69 Å². The monoisotopic (exact) mass is 440 g/mol. The van der Waals surface area contributed by atoms with Gasteiger partial charge < -0.3 is 15.0 Å². The first-order valence-electron chi connectivity index (χ1n) is 10.2. The smallest absolute Gasteiger partial charge is 0.270 e. The minimum atomic E-state index is -0.316. The van der Waals surface area contributed by atoms with Gasteiger partial charge in [0, 0.05) is 30.5 Å². The first-order chi connectivity index (χ1) is 15.1. The number of carbonyl (C=O) groups excluding carboxylic acids is 1. The number of amides is 1. The van der Waals surface area contributed by atoms with Crippen molar-refractivity contribution >= 4 is 23.4 Å². The Morgan fingerprint density at radius 2 is 1.74 bits per heavy atom. The molecule has 31 heavy (non-hydrogen) atoms. The third-order valence-corrected chi connectivity index (χ3v) is 6.15. The summed E-state index contributed by atoms with van der Waals surface area (Å²) in [6.45, 7) is 1.73. The number of hydrogen-bond donors (Lipinski definition) is 1. The SMILES string of the molecule is COc1ccc(N2CCC(NC(=O)c3cnc(SC)n3-c3ccc(F)cc3)CC2)cc1. The van der Waals surface area contributed by atoms with E-state index >= 15 is 0 Å². The largest absolute Gasteiger partial charge is 0.497 e. The van der Waals surface area contributed by atoms with Crippen LogP contribution in [0.4, 0.5) is 10.1 Å². The van der Waals surface area contributed by atoms with Crippen molar-refractivity contribution in [2.75, 3.05) is 31.4 Å². The lowest BCUT2D eigenvalue weighted by atomic mass is 10.0. The molecule has 3 aromatic rings. The Labute approximate surface area is 185 Å². The standard InChI is InChI=1S/C23H25FN4O2S/c1-30-20-9-7-18(8-10-20)27-13-11-17(12-14-27)26-22(29)21-15-25-23(31-2)28(21)19-5-3-16(24)4-6-19/h3-10,15,17H,11-14H2,1-2H3,(H,26,29). The molecule has 0 bridgehead atoms. The van der Waals surface area contributed by atoms with E-state index in [2.05, 4.69) is 27.3 Å². The summed E-state index contributed by atoms with van der Waals surface area (Å²) in [6, 6.07) is 14.2. The van der Waals surface area contributed by atoms with E-state index in [-0.39, 0.29) is 17.8 Å². The minimum Gasteiger partial charge on any atom is -0.497 e. The van der Waals surface area contributed by atoms with Gasteiger partial charge in [0.1, 0.15) is 17.3 Å². The zero-order chi connectivity index (χ0) is 21.8. The Hall–Kier alpha value is -3.00. The van der Waals surface area contributed by atoms with Crippen LogP contribution < -0.4 is 15.0 Å². The second-order valence-electron chi connectivity index (χ2n) is 7.37. The number of methoxy groups -OCH3 is 1. The van der Waals surface area contributed by atoms with E-state index in [1.165, 1.54) is 23.9 Å². The third kappa shape index (κ3) is 4.69. The highest BCUT2D eigenvalue weighted by molar-refractivity contribution is 7.98. The average molecular weight is 441 g/mol. The number of anilines is 1. The molecule has 2 aromatic carbocycles. The number of piperidine rings is 1. The summed E-state index contributed by atoms with van der Waals surface area (Å²) in [5, 5.41) is 3.84. The van der Waals surface area contributed by atoms with Crippen molar-refractivity contribution in [3.63, 3.8) is 0 Å². The van der Waals surface area contributed by atoms with Crippen molar-refractivity contribution in [2.24, 2.45) is 0 Å². The van der Waals surface area contributed by atoms with Crippen LogP contribution in [-0.2, 0) is 0 Å². The number of ether oxygens (including phenoxy) is 1. The van der Waals surface area contributed by atoms with E-state index in [1.54, 1.807) is 30.0 Å². The summed E-state index contributed by atoms with van der Waals surface area (Å²) < 4.78 is 20.3. The third-order valence-electron chi connectivity index (χ3n) is 5.50. The molecule has 2 heterocycles. The van der Waals surface area contributed by atoms with Gasteiger partial charge in [-0.3, -0.25) is 9.36 Å². The Morgan fingerprint density at radius 3 is 2.35 bits per heavy atom. The Kier molecular flexibility index (Phi) is 6.46. The number of rotatable bonds is 6. The second kappa shape index (κ2) is 9.43. The van der Waals surface area contributed by atoms with Crippen LogP contribution in [0.2, 0.25) is 0 Å². The number of imidazole rings is 1. The topological polar surface area (TPSA) is 59.4 Å². The van der Waals surface area contributed by atoms with Crippen LogP contribution in [0.5, 0.6) is 5.75 Å². The number of aromatic nitrogens is 2. The Morgan fingerprint density at radius 1 is 1.10 bits per heavy atom. The zero-order valence-electron chi connectivity index (χ0n) is 17.5. The predicted molar refractivity (Wildman–Crippen MR) is 121 cm³/mol. The average Bonchev–Trinajstić information content (AvgIpc) is 3.24. The maximum absolute atomic E-state index is 13.4. The summed E-state index contributed by atoms with van der Waals surface area (Å²) in [5.41, 5.74) is 2.32. The van der Waals surface area contributed by atoms with Crippen LogP contribution in [-0.4, -0.2) is 48.0 Å². The number of benzene rings is 2. The molecule has 0 aliphatic carbocycles. The van der Waals surface area contributed by atoms with E-state index in [1.807, 2.05) is 18.4 Å². The molecule has 0 spiro atoms. The fourth-order valence-corrected chi connectivity index (χ4v) is 4.36. The van der Waals surface area contributed by atoms with Crippen LogP contribution >= 0.6 is 11.8 Å². The fraction of sp³-hybridized carbons (Fsp3) is 0.304. The number of halogens is 1. The molecule has 4 rings (SSSR count). The van der Waals surface area contributed by atoms with Gasteiger partial charge in [-0.15, -0.1) is 0 Å². The van der Waals surface area contributed by atoms with Gasteiger partial charge in [0.05, 0.1) is 13.3 Å². The molecule has 0 radical (unpaired) electrons. The van der Waals surface area contributed by atoms with Crippen LogP contribution in [0.3, 0.4) is 0 Å². The van der Waals surface area contributed by atoms with E-state index in [9.17, 15) is 9.18 Å². The quantitative estimate of drug-likeness (QED) is 0.584. The van der Waals surface area contributed by atoms with Crippen molar-refractivity contribution < 1.29 is 13.9 Å². The maximum Gasteiger partial charge on any atom is 0.270 e. The van der Waals surface area contributed by atoms with Gasteiger partial charge in [-0.1, -0.05) is 11.8 Å². The first-order valence-corrected chi connectivity index (χ1v) is 11.4. The highest BCUT2D eigenvalue weighted by atomic mass is 32.2. The van der Waals surface area contributed by atoms with Gasteiger partial charge in [-0.05, 0) is 67.6 Å². The van der Waals surface area contributed by atoms with E-state index in [0.717, 1.165) is 37.4 Å². The highest BCUT2D eigenvalue weighted by Gasteiger charge is 2.24. The fourth-order valence-electron chi connectivity index (χ4n) is 3.81. The number of hydrogen-bond acceptors (Lipinski definition) is 5. The highest BCUT2D eigenvalue weighted by Crippen LogP contribution is 2.24. The number of nitrogens with zero attached hydrogens (tertiary/aromatic N) is 3. The molecular weight excluding hydrogens is 415 g/mol. The van der Waals surface area contributed by atoms with E-state index < -0.39 is 0 Å². The maximum atomic E-state index is 13.4. The molecule has 1 amide bonds. The summed E-state index contributed by atoms with van der Waals surface area (Å²) in [7, 11) is 1.66. The molecule has 1 saturated heterocycles. The number of nitrogens with one attached hydrogen (secondary N) is 1. The number of thioether (sulfide) groups is 1. The van der Waals surface area contributed by atoms with Crippen molar-refractivity contribution in [2.45, 2.75) is 24.0 Å². The molecule has 1 N–H and O–H groups in total. The molecule has 6 nitrogen and oxygen atoms in total. The van der Waals surface area contributed by atoms with Crippen molar-refractivity contribution in [1.29, 1.82) is 0 Å². The summed E-state index contributed by atoms with van der Waals surface area (Å²) in [6.07, 6.45) is 5.20. The van der Waals surface area contributed by atoms with Gasteiger partial charge in [-0.2, -0.15) is 0 Å². The normalized spacial score (nSPS) is 14.5. The lowest BCUT2D eigenvalue weighted by Crippen LogP contribution is -2.45. The zero-order valence-corrected chi connectivity index (χ0v) is 18.4. The van der Waals surface area contributed by atoms with Crippen LogP contribution in [0.1, 0.15) is 23.3 Å². The van der Waals surface area contributed by atoms with Crippen molar-refractivity contribution in [3.8, 4) is 11.4 Å². The summed E-state index contributed by atoms with van der Waals surface area (Å²) in [5.74, 6) is 0.359. The van der Waals surface area contributed by atoms with E-state index in [0.29, 0.717) is 16.5 Å². The van der Waals surface area contributed by atoms with Gasteiger partial charge in [0.25, 0.3) is 5.91 Å². The summed E-state index contributed by atoms with van der Waals surface area (Å²) >= 11 is 1.44. The molecule has 0 atom stereocenters. The van der Waals surface area contributed by atoms with Crippen LogP contribution in [0.15, 0.2) is 59.9 Å². The van der Waals surface area contributed by atoms with Gasteiger partial charge in [0.2, 0.25) is 0 Å². The lowest BCUT2D eigenvalue weighted by Gasteiger charge is -2.34. The lowest BCUT2D eigenvalue weighted by molar-refractivity contribution is 0.0923. The second-order valence-corrected chi connectivity index (χ2v) is 8.15. The molecule has 162 valence electrons. The first kappa shape index (κ1) is 21.2. The molecule has 0 saturated carbocycles. The minimum absolute atomic E-state index is 0.0938. The van der Waals surface area contributed by atoms with Gasteiger partial charge >= 0.3 is 0 Å². The summed E-state index contributed by atoms with van der Waals surface area (Å²) in [4.78, 5) is 19.7. The molecule has 1 fully saturated rings. The van der Waals surface area contributed by atoms with Crippen molar-refractivity contribution in [1.82, 2.24) is 14.9 Å². The number of carbonyl (C=O) groups is 1. The molecule has 8 heteroatoms. The van der Waals surface area contributed by atoms with E-state index in [4.69, 9.17) is 4.74 Å². The Bertz CT molecular complexity index is 1030. The molecule has 0 unspecified atom stereocenters. The van der Waals surface area contributed by atoms with Gasteiger partial charge in [0.15, 0.2) is 5.16 Å².